The van der Waals surface area contributed by atoms with Crippen LogP contribution < -0.4 is 0 Å². The second-order valence-corrected chi connectivity index (χ2v) is 4.03. The van der Waals surface area contributed by atoms with E-state index in [-0.39, 0.29) is 17.9 Å². The van der Waals surface area contributed by atoms with E-state index in [1.165, 1.54) is 5.94 Å². The Labute approximate surface area is 104 Å². The molecule has 2 rings (SSSR count). The van der Waals surface area contributed by atoms with Crippen molar-refractivity contribution in [2.75, 3.05) is 0 Å². The van der Waals surface area contributed by atoms with Crippen molar-refractivity contribution in [2.45, 2.75) is 19.6 Å². The summed E-state index contributed by atoms with van der Waals surface area (Å²) in [6.45, 7) is 1.78. The Morgan fingerprint density at radius 1 is 1.33 bits per heavy atom. The maximum Gasteiger partial charge on any atom is 0.237 e. The van der Waals surface area contributed by atoms with Crippen molar-refractivity contribution in [3.05, 3.63) is 52.8 Å². The molecule has 92 valence electrons. The molecule has 1 aromatic rings. The maximum absolute atomic E-state index is 11.7. The Kier molecular flexibility index (Phi) is 3.42. The van der Waals surface area contributed by atoms with Crippen LogP contribution in [0.5, 0.6) is 0 Å². The lowest BCUT2D eigenvalue weighted by Crippen LogP contribution is -2.10. The standard InChI is InChI=1S/C14H12O4/c1-9-12(16)11(7-15)13(17)14(9)18-8-10-5-3-2-4-6-10/h2-6,12,16H,8H2,1H3. The van der Waals surface area contributed by atoms with Crippen molar-refractivity contribution < 1.29 is 19.4 Å². The lowest BCUT2D eigenvalue weighted by molar-refractivity contribution is -0.115. The zero-order valence-corrected chi connectivity index (χ0v) is 9.84. The van der Waals surface area contributed by atoms with Gasteiger partial charge in [-0.2, -0.15) is 0 Å². The molecule has 1 aliphatic rings. The highest BCUT2D eigenvalue weighted by Crippen LogP contribution is 2.27. The van der Waals surface area contributed by atoms with Gasteiger partial charge in [0.25, 0.3) is 0 Å². The van der Waals surface area contributed by atoms with Crippen LogP contribution in [0.2, 0.25) is 0 Å². The Balaban J connectivity index is 2.15. The molecular weight excluding hydrogens is 232 g/mol. The van der Waals surface area contributed by atoms with Crippen molar-refractivity contribution in [1.29, 1.82) is 0 Å². The Bertz CT molecular complexity index is 550. The van der Waals surface area contributed by atoms with Gasteiger partial charge < -0.3 is 9.84 Å². The number of aliphatic hydroxyl groups is 1. The lowest BCUT2D eigenvalue weighted by atomic mass is 10.1. The molecule has 0 saturated heterocycles. The van der Waals surface area contributed by atoms with E-state index in [2.05, 4.69) is 0 Å². The molecule has 4 nitrogen and oxygen atoms in total. The Morgan fingerprint density at radius 2 is 2.00 bits per heavy atom. The smallest absolute Gasteiger partial charge is 0.237 e. The molecule has 0 radical (unpaired) electrons. The van der Waals surface area contributed by atoms with Crippen molar-refractivity contribution in [3.63, 3.8) is 0 Å². The predicted molar refractivity (Wildman–Crippen MR) is 64.2 cm³/mol. The monoisotopic (exact) mass is 244 g/mol. The van der Waals surface area contributed by atoms with E-state index < -0.39 is 11.9 Å². The molecule has 1 unspecified atom stereocenters. The molecule has 18 heavy (non-hydrogen) atoms. The third-order valence-electron chi connectivity index (χ3n) is 2.83. The van der Waals surface area contributed by atoms with Crippen molar-refractivity contribution in [1.82, 2.24) is 0 Å². The van der Waals surface area contributed by atoms with Crippen LogP contribution in [0.15, 0.2) is 47.2 Å². The first-order valence-electron chi connectivity index (χ1n) is 5.50. The van der Waals surface area contributed by atoms with Gasteiger partial charge in [0.15, 0.2) is 5.76 Å². The van der Waals surface area contributed by atoms with E-state index >= 15 is 0 Å². The summed E-state index contributed by atoms with van der Waals surface area (Å²) < 4.78 is 5.39. The predicted octanol–water partition coefficient (Wildman–Crippen LogP) is 1.18. The molecule has 0 saturated carbocycles. The van der Waals surface area contributed by atoms with Crippen LogP contribution in [-0.2, 0) is 20.9 Å². The van der Waals surface area contributed by atoms with Crippen LogP contribution in [0.3, 0.4) is 0 Å². The fraction of sp³-hybridized carbons (Fsp3) is 0.214. The van der Waals surface area contributed by atoms with Crippen LogP contribution in [0.4, 0.5) is 0 Å². The van der Waals surface area contributed by atoms with Gasteiger partial charge in [0.2, 0.25) is 5.78 Å². The highest BCUT2D eigenvalue weighted by molar-refractivity contribution is 6.16. The fourth-order valence-corrected chi connectivity index (χ4v) is 1.78. The van der Waals surface area contributed by atoms with E-state index in [1.54, 1.807) is 6.92 Å². The zero-order chi connectivity index (χ0) is 13.1. The minimum atomic E-state index is -1.19. The van der Waals surface area contributed by atoms with Gasteiger partial charge in [-0.05, 0) is 12.5 Å². The third-order valence-corrected chi connectivity index (χ3v) is 2.83. The van der Waals surface area contributed by atoms with Crippen LogP contribution in [-0.4, -0.2) is 22.9 Å². The van der Waals surface area contributed by atoms with Crippen molar-refractivity contribution in [2.24, 2.45) is 0 Å². The van der Waals surface area contributed by atoms with E-state index in [9.17, 15) is 14.7 Å². The average Bonchev–Trinajstić information content (AvgIpc) is 2.60. The van der Waals surface area contributed by atoms with E-state index in [4.69, 9.17) is 4.74 Å². The van der Waals surface area contributed by atoms with Crippen LogP contribution in [0, 0.1) is 0 Å². The summed E-state index contributed by atoms with van der Waals surface area (Å²) in [6, 6.07) is 9.33. The first-order chi connectivity index (χ1) is 8.65. The molecule has 0 aromatic heterocycles. The van der Waals surface area contributed by atoms with Crippen molar-refractivity contribution >= 4 is 11.7 Å². The van der Waals surface area contributed by atoms with Gasteiger partial charge in [0, 0.05) is 5.57 Å². The van der Waals surface area contributed by atoms with Gasteiger partial charge in [-0.1, -0.05) is 30.3 Å². The Morgan fingerprint density at radius 3 is 2.56 bits per heavy atom. The molecule has 4 heteroatoms. The van der Waals surface area contributed by atoms with Gasteiger partial charge in [-0.25, -0.2) is 4.79 Å². The van der Waals surface area contributed by atoms with Gasteiger partial charge >= 0.3 is 0 Å². The summed E-state index contributed by atoms with van der Waals surface area (Å²) in [6.07, 6.45) is -1.19. The van der Waals surface area contributed by atoms with Crippen molar-refractivity contribution in [3.8, 4) is 0 Å². The summed E-state index contributed by atoms with van der Waals surface area (Å²) in [4.78, 5) is 22.3. The maximum atomic E-state index is 11.7. The number of carbonyl (C=O) groups excluding carboxylic acids is 2. The number of rotatable bonds is 3. The number of hydrogen-bond donors (Lipinski definition) is 1. The molecule has 1 aromatic carbocycles. The quantitative estimate of drug-likeness (QED) is 0.640. The largest absolute Gasteiger partial charge is 0.485 e. The number of Topliss-reactive ketones (excluding diaryl/α,β-unsaturated/α-hetero) is 1. The minimum Gasteiger partial charge on any atom is -0.485 e. The SMILES string of the molecule is CC1=C(OCc2ccccc2)C(=O)C(=C=O)C1O. The highest BCUT2D eigenvalue weighted by atomic mass is 16.5. The lowest BCUT2D eigenvalue weighted by Gasteiger charge is -2.06. The summed E-state index contributed by atoms with van der Waals surface area (Å²) in [5, 5.41) is 9.64. The second kappa shape index (κ2) is 5.00. The minimum absolute atomic E-state index is 0.0460. The molecule has 0 fully saturated rings. The number of benzene rings is 1. The molecule has 0 bridgehead atoms. The summed E-state index contributed by atoms with van der Waals surface area (Å²) in [7, 11) is 0. The number of aliphatic hydroxyl groups excluding tert-OH is 1. The van der Waals surface area contributed by atoms with Crippen LogP contribution >= 0.6 is 0 Å². The third kappa shape index (κ3) is 2.12. The number of allylic oxidation sites excluding steroid dienone is 1. The summed E-state index contributed by atoms with van der Waals surface area (Å²) in [5.41, 5.74) is 0.980. The topological polar surface area (TPSA) is 63.6 Å². The second-order valence-electron chi connectivity index (χ2n) is 4.03. The molecule has 1 aliphatic carbocycles. The number of carbonyl (C=O) groups is 1. The van der Waals surface area contributed by atoms with Gasteiger partial charge in [0.05, 0.1) is 0 Å². The van der Waals surface area contributed by atoms with Gasteiger partial charge in [-0.3, -0.25) is 4.79 Å². The first-order valence-corrected chi connectivity index (χ1v) is 5.50. The molecule has 1 N–H and O–H groups in total. The fourth-order valence-electron chi connectivity index (χ4n) is 1.78. The molecular formula is C14H12O4. The van der Waals surface area contributed by atoms with Crippen LogP contribution in [0.1, 0.15) is 12.5 Å². The first kappa shape index (κ1) is 12.3. The van der Waals surface area contributed by atoms with E-state index in [0.29, 0.717) is 5.57 Å². The summed E-state index contributed by atoms with van der Waals surface area (Å²) >= 11 is 0. The Hall–Kier alpha value is -2.16. The van der Waals surface area contributed by atoms with E-state index in [0.717, 1.165) is 5.56 Å². The normalized spacial score (nSPS) is 19.1. The average molecular weight is 244 g/mol. The number of ether oxygens (including phenoxy) is 1. The highest BCUT2D eigenvalue weighted by Gasteiger charge is 2.36. The molecule has 0 heterocycles. The number of ketones is 1. The number of hydrogen-bond acceptors (Lipinski definition) is 4. The molecule has 0 spiro atoms. The van der Waals surface area contributed by atoms with Gasteiger partial charge in [-0.15, -0.1) is 0 Å². The van der Waals surface area contributed by atoms with Gasteiger partial charge in [0.1, 0.15) is 24.2 Å². The van der Waals surface area contributed by atoms with E-state index in [1.807, 2.05) is 30.3 Å². The molecule has 0 amide bonds. The zero-order valence-electron chi connectivity index (χ0n) is 9.84. The molecule has 1 atom stereocenters. The summed E-state index contributed by atoms with van der Waals surface area (Å²) in [5.74, 6) is 0.936. The van der Waals surface area contributed by atoms with Crippen LogP contribution in [0.25, 0.3) is 0 Å². The molecule has 0 aliphatic heterocycles.